The number of carbonyl (C=O) groups is 4. The van der Waals surface area contributed by atoms with Gasteiger partial charge >= 0.3 is 12.2 Å². The van der Waals surface area contributed by atoms with E-state index in [9.17, 15) is 19.2 Å². The maximum atomic E-state index is 13.2. The zero-order valence-electron chi connectivity index (χ0n) is 24.0. The molecule has 0 unspecified atom stereocenters. The number of fused-ring (bicyclic) bond motifs is 1. The number of nitrogens with zero attached hydrogens (tertiary/aromatic N) is 2. The zero-order valence-corrected chi connectivity index (χ0v) is 24.0. The number of piperazine rings is 1. The first-order chi connectivity index (χ1) is 20.5. The van der Waals surface area contributed by atoms with Crippen molar-refractivity contribution in [2.24, 2.45) is 0 Å². The van der Waals surface area contributed by atoms with Crippen LogP contribution in [0.2, 0.25) is 0 Å². The van der Waals surface area contributed by atoms with E-state index in [0.717, 1.165) is 5.56 Å². The first-order valence-electron chi connectivity index (χ1n) is 13.8. The van der Waals surface area contributed by atoms with Gasteiger partial charge in [0.05, 0.1) is 17.0 Å². The summed E-state index contributed by atoms with van der Waals surface area (Å²) in [6, 6.07) is 20.9. The molecule has 0 spiro atoms. The summed E-state index contributed by atoms with van der Waals surface area (Å²) in [7, 11) is 0. The number of carbonyl (C=O) groups excluding carboxylic acids is 3. The maximum absolute atomic E-state index is 13.2. The maximum Gasteiger partial charge on any atom is 0.511 e. The number of anilines is 2. The highest BCUT2D eigenvalue weighted by Crippen LogP contribution is 2.39. The molecule has 0 aromatic heterocycles. The van der Waals surface area contributed by atoms with Crippen LogP contribution in [0.15, 0.2) is 72.8 Å². The summed E-state index contributed by atoms with van der Waals surface area (Å²) in [5, 5.41) is 15.1. The van der Waals surface area contributed by atoms with Gasteiger partial charge in [0.2, 0.25) is 0 Å². The first-order valence-corrected chi connectivity index (χ1v) is 13.8. The van der Waals surface area contributed by atoms with Crippen LogP contribution < -0.4 is 15.4 Å². The van der Waals surface area contributed by atoms with Crippen LogP contribution in [0.4, 0.5) is 21.0 Å². The molecule has 222 valence electrons. The van der Waals surface area contributed by atoms with Crippen molar-refractivity contribution in [3.8, 4) is 5.75 Å². The fourth-order valence-corrected chi connectivity index (χ4v) is 4.89. The Labute approximate surface area is 248 Å². The Morgan fingerprint density at radius 3 is 2.14 bits per heavy atom. The van der Waals surface area contributed by atoms with Crippen molar-refractivity contribution in [1.82, 2.24) is 9.80 Å². The third-order valence-electron chi connectivity index (χ3n) is 6.87. The molecule has 11 nitrogen and oxygen atoms in total. The number of hydrogen-bond donors (Lipinski definition) is 3. The van der Waals surface area contributed by atoms with Crippen LogP contribution >= 0.6 is 0 Å². The molecule has 5 rings (SSSR count). The van der Waals surface area contributed by atoms with E-state index in [1.807, 2.05) is 51.1 Å². The summed E-state index contributed by atoms with van der Waals surface area (Å²) in [6.07, 6.45) is -1.83. The normalized spacial score (nSPS) is 15.7. The summed E-state index contributed by atoms with van der Waals surface area (Å²) >= 11 is 0. The fraction of sp³-hybridized carbons (Fsp3) is 0.250. The van der Waals surface area contributed by atoms with E-state index >= 15 is 0 Å². The van der Waals surface area contributed by atoms with Gasteiger partial charge in [-0.05, 0) is 62.7 Å². The minimum Gasteiger partial charge on any atom is -0.449 e. The summed E-state index contributed by atoms with van der Waals surface area (Å²) in [4.78, 5) is 53.0. The largest absolute Gasteiger partial charge is 0.511 e. The van der Waals surface area contributed by atoms with Crippen molar-refractivity contribution in [1.29, 1.82) is 0 Å². The molecule has 0 saturated carbocycles. The molecule has 3 N–H and O–H groups in total. The Morgan fingerprint density at radius 1 is 0.860 bits per heavy atom. The van der Waals surface area contributed by atoms with Crippen molar-refractivity contribution >= 4 is 46.7 Å². The summed E-state index contributed by atoms with van der Waals surface area (Å²) < 4.78 is 10.2. The topological polar surface area (TPSA) is 138 Å². The lowest BCUT2D eigenvalue weighted by atomic mass is 10.00. The highest BCUT2D eigenvalue weighted by Gasteiger charge is 2.30. The molecule has 2 heterocycles. The van der Waals surface area contributed by atoms with E-state index in [-0.39, 0.29) is 23.7 Å². The molecule has 3 aromatic rings. The quantitative estimate of drug-likeness (QED) is 0.207. The molecular formula is C32H32N4O7. The molecule has 3 aromatic carbocycles. The Morgan fingerprint density at radius 2 is 1.51 bits per heavy atom. The lowest BCUT2D eigenvalue weighted by Gasteiger charge is -2.35. The highest BCUT2D eigenvalue weighted by atomic mass is 16.7. The van der Waals surface area contributed by atoms with E-state index < -0.39 is 11.8 Å². The molecule has 0 radical (unpaired) electrons. The van der Waals surface area contributed by atoms with E-state index in [0.29, 0.717) is 60.0 Å². The number of benzene rings is 3. The second kappa shape index (κ2) is 11.9. The molecule has 0 bridgehead atoms. The minimum absolute atomic E-state index is 0.0912. The molecule has 2 aliphatic rings. The third-order valence-corrected chi connectivity index (χ3v) is 6.87. The Balaban J connectivity index is 1.34. The average Bonchev–Trinajstić information content (AvgIpc) is 3.29. The van der Waals surface area contributed by atoms with Crippen molar-refractivity contribution in [3.63, 3.8) is 0 Å². The standard InChI is InChI=1S/C32H32N4O7/c1-32(2,3)43-30(39)36-17-15-35(16-18-36)29(38)21-9-11-22(12-10-21)33-27(20-7-5-4-6-8-20)26-24-14-13-23(42-31(40)41)19-25(24)34-28(26)37/h4-14,19,33H,15-18H2,1-3H3,(H,34,37)(H,40,41)/b27-26-. The number of hydrogen-bond acceptors (Lipinski definition) is 7. The second-order valence-corrected chi connectivity index (χ2v) is 11.1. The van der Waals surface area contributed by atoms with Crippen LogP contribution in [0.3, 0.4) is 0 Å². The number of carboxylic acid groups (broad SMARTS) is 1. The van der Waals surface area contributed by atoms with Gasteiger partial charge in [0.15, 0.2) is 0 Å². The molecule has 11 heteroatoms. The van der Waals surface area contributed by atoms with Gasteiger partial charge in [-0.15, -0.1) is 0 Å². The molecule has 1 fully saturated rings. The van der Waals surface area contributed by atoms with Crippen molar-refractivity contribution in [2.45, 2.75) is 26.4 Å². The fourth-order valence-electron chi connectivity index (χ4n) is 4.89. The summed E-state index contributed by atoms with van der Waals surface area (Å²) in [5.41, 5.74) is 3.28. The Bertz CT molecular complexity index is 1590. The van der Waals surface area contributed by atoms with Gasteiger partial charge in [0.25, 0.3) is 11.8 Å². The zero-order chi connectivity index (χ0) is 30.7. The number of nitrogens with one attached hydrogen (secondary N) is 2. The van der Waals surface area contributed by atoms with E-state index in [1.165, 1.54) is 12.1 Å². The highest BCUT2D eigenvalue weighted by molar-refractivity contribution is 6.37. The van der Waals surface area contributed by atoms with Gasteiger partial charge in [0.1, 0.15) is 11.4 Å². The van der Waals surface area contributed by atoms with Gasteiger partial charge in [-0.2, -0.15) is 0 Å². The van der Waals surface area contributed by atoms with Gasteiger partial charge in [-0.1, -0.05) is 30.3 Å². The SMILES string of the molecule is CC(C)(C)OC(=O)N1CCN(C(=O)c2ccc(N/C(=C3\C(=O)Nc4cc(OC(=O)O)ccc43)c3ccccc3)cc2)CC1. The molecule has 0 atom stereocenters. The van der Waals surface area contributed by atoms with Crippen LogP contribution in [0.25, 0.3) is 11.3 Å². The van der Waals surface area contributed by atoms with E-state index in [2.05, 4.69) is 10.6 Å². The van der Waals surface area contributed by atoms with E-state index in [4.69, 9.17) is 14.6 Å². The summed E-state index contributed by atoms with van der Waals surface area (Å²) in [5.74, 6) is -0.403. The van der Waals surface area contributed by atoms with E-state index in [1.54, 1.807) is 40.1 Å². The van der Waals surface area contributed by atoms with Crippen molar-refractivity contribution in [2.75, 3.05) is 36.8 Å². The average molecular weight is 585 g/mol. The van der Waals surface area contributed by atoms with Crippen LogP contribution in [0.1, 0.15) is 42.3 Å². The monoisotopic (exact) mass is 584 g/mol. The predicted octanol–water partition coefficient (Wildman–Crippen LogP) is 5.37. The number of amides is 3. The van der Waals surface area contributed by atoms with Gasteiger partial charge < -0.3 is 35.0 Å². The molecule has 1 saturated heterocycles. The van der Waals surface area contributed by atoms with Crippen molar-refractivity contribution < 1.29 is 33.8 Å². The predicted molar refractivity (Wildman–Crippen MR) is 161 cm³/mol. The molecular weight excluding hydrogens is 552 g/mol. The van der Waals surface area contributed by atoms with Crippen LogP contribution in [-0.2, 0) is 9.53 Å². The molecule has 0 aliphatic carbocycles. The first kappa shape index (κ1) is 29.2. The molecule has 3 amide bonds. The Kier molecular flexibility index (Phi) is 8.07. The van der Waals surface area contributed by atoms with Gasteiger partial charge in [-0.25, -0.2) is 9.59 Å². The molecule has 2 aliphatic heterocycles. The molecule has 43 heavy (non-hydrogen) atoms. The number of ether oxygens (including phenoxy) is 2. The van der Waals surface area contributed by atoms with Crippen LogP contribution in [0, 0.1) is 0 Å². The van der Waals surface area contributed by atoms with Crippen LogP contribution in [-0.4, -0.2) is 70.7 Å². The smallest absolute Gasteiger partial charge is 0.449 e. The van der Waals surface area contributed by atoms with Gasteiger partial charge in [-0.3, -0.25) is 9.59 Å². The Hall–Kier alpha value is -5.32. The lowest BCUT2D eigenvalue weighted by Crippen LogP contribution is -2.51. The van der Waals surface area contributed by atoms with Crippen molar-refractivity contribution in [3.05, 3.63) is 89.5 Å². The lowest BCUT2D eigenvalue weighted by molar-refractivity contribution is -0.110. The van der Waals surface area contributed by atoms with Crippen LogP contribution in [0.5, 0.6) is 5.75 Å². The second-order valence-electron chi connectivity index (χ2n) is 11.1. The number of rotatable bonds is 5. The minimum atomic E-state index is -1.45. The third kappa shape index (κ3) is 6.78. The summed E-state index contributed by atoms with van der Waals surface area (Å²) in [6.45, 7) is 7.03. The van der Waals surface area contributed by atoms with Gasteiger partial charge in [0, 0.05) is 49.1 Å².